The average molecular weight is 250 g/mol. The van der Waals surface area contributed by atoms with Crippen LogP contribution in [0.25, 0.3) is 0 Å². The van der Waals surface area contributed by atoms with Crippen molar-refractivity contribution in [2.24, 2.45) is 0 Å². The second-order valence-electron chi connectivity index (χ2n) is 4.89. The number of benzene rings is 1. The van der Waals surface area contributed by atoms with Gasteiger partial charge in [0.25, 0.3) is 0 Å². The van der Waals surface area contributed by atoms with Crippen LogP contribution in [0.2, 0.25) is 0 Å². The van der Waals surface area contributed by atoms with E-state index in [0.29, 0.717) is 6.04 Å². The fraction of sp³-hybridized carbons (Fsp3) is 0.500. The Balaban J connectivity index is 1.82. The highest BCUT2D eigenvalue weighted by molar-refractivity contribution is 5.92. The Labute approximate surface area is 107 Å². The number of amides is 1. The summed E-state index contributed by atoms with van der Waals surface area (Å²) in [5.41, 5.74) is 1.09. The van der Waals surface area contributed by atoms with Crippen LogP contribution in [0.5, 0.6) is 0 Å². The van der Waals surface area contributed by atoms with E-state index in [1.165, 1.54) is 18.9 Å². The van der Waals surface area contributed by atoms with E-state index < -0.39 is 0 Å². The van der Waals surface area contributed by atoms with Crippen LogP contribution in [0.3, 0.4) is 0 Å². The Kier molecular flexibility index (Phi) is 4.31. The largest absolute Gasteiger partial charge is 0.322 e. The Hall–Kier alpha value is -1.42. The van der Waals surface area contributed by atoms with Crippen molar-refractivity contribution < 1.29 is 9.18 Å². The third kappa shape index (κ3) is 3.53. The van der Waals surface area contributed by atoms with E-state index in [0.717, 1.165) is 18.4 Å². The summed E-state index contributed by atoms with van der Waals surface area (Å²) in [6.07, 6.45) is 4.72. The van der Waals surface area contributed by atoms with Gasteiger partial charge in [0.15, 0.2) is 0 Å². The molecular formula is C14H19FN2O. The fourth-order valence-electron chi connectivity index (χ4n) is 2.28. The molecule has 0 aliphatic heterocycles. The van der Waals surface area contributed by atoms with Gasteiger partial charge in [0.2, 0.25) is 5.91 Å². The maximum Gasteiger partial charge on any atom is 0.238 e. The molecule has 0 atom stereocenters. The van der Waals surface area contributed by atoms with Crippen molar-refractivity contribution in [3.05, 3.63) is 29.6 Å². The molecule has 2 rings (SSSR count). The van der Waals surface area contributed by atoms with Crippen LogP contribution in [0.4, 0.5) is 10.1 Å². The van der Waals surface area contributed by atoms with E-state index in [9.17, 15) is 9.18 Å². The lowest BCUT2D eigenvalue weighted by Gasteiger charge is -2.12. The lowest BCUT2D eigenvalue weighted by atomic mass is 10.2. The predicted molar refractivity (Wildman–Crippen MR) is 70.0 cm³/mol. The highest BCUT2D eigenvalue weighted by Crippen LogP contribution is 2.17. The molecule has 1 amide bonds. The second-order valence-corrected chi connectivity index (χ2v) is 4.89. The third-order valence-electron chi connectivity index (χ3n) is 3.31. The van der Waals surface area contributed by atoms with Gasteiger partial charge in [0.05, 0.1) is 12.2 Å². The molecule has 2 N–H and O–H groups in total. The van der Waals surface area contributed by atoms with Gasteiger partial charge in [-0.2, -0.15) is 0 Å². The zero-order valence-electron chi connectivity index (χ0n) is 10.6. The van der Waals surface area contributed by atoms with E-state index in [-0.39, 0.29) is 24.0 Å². The lowest BCUT2D eigenvalue weighted by molar-refractivity contribution is -0.115. The number of hydrogen-bond donors (Lipinski definition) is 2. The molecule has 1 aromatic carbocycles. The van der Waals surface area contributed by atoms with Gasteiger partial charge < -0.3 is 10.6 Å². The Morgan fingerprint density at radius 1 is 1.39 bits per heavy atom. The topological polar surface area (TPSA) is 41.1 Å². The van der Waals surface area contributed by atoms with Gasteiger partial charge in [-0.1, -0.05) is 18.9 Å². The molecule has 0 aromatic heterocycles. The van der Waals surface area contributed by atoms with Crippen LogP contribution in [-0.4, -0.2) is 18.5 Å². The Bertz CT molecular complexity index is 428. The highest BCUT2D eigenvalue weighted by atomic mass is 19.1. The molecule has 0 radical (unpaired) electrons. The van der Waals surface area contributed by atoms with Crippen molar-refractivity contribution in [1.29, 1.82) is 0 Å². The van der Waals surface area contributed by atoms with E-state index in [2.05, 4.69) is 10.6 Å². The van der Waals surface area contributed by atoms with Crippen molar-refractivity contribution in [2.45, 2.75) is 38.6 Å². The zero-order chi connectivity index (χ0) is 13.0. The molecule has 0 unspecified atom stereocenters. The van der Waals surface area contributed by atoms with E-state index in [1.807, 2.05) is 6.92 Å². The van der Waals surface area contributed by atoms with Gasteiger partial charge in [-0.05, 0) is 37.5 Å². The molecule has 1 aromatic rings. The molecule has 18 heavy (non-hydrogen) atoms. The van der Waals surface area contributed by atoms with Crippen molar-refractivity contribution in [3.8, 4) is 0 Å². The van der Waals surface area contributed by atoms with Crippen molar-refractivity contribution in [3.63, 3.8) is 0 Å². The summed E-state index contributed by atoms with van der Waals surface area (Å²) in [5, 5.41) is 5.78. The molecule has 0 bridgehead atoms. The molecule has 3 nitrogen and oxygen atoms in total. The summed E-state index contributed by atoms with van der Waals surface area (Å²) in [7, 11) is 0. The first-order valence-electron chi connectivity index (χ1n) is 6.44. The van der Waals surface area contributed by atoms with Gasteiger partial charge in [0.1, 0.15) is 5.82 Å². The second kappa shape index (κ2) is 5.96. The quantitative estimate of drug-likeness (QED) is 0.862. The number of rotatable bonds is 4. The van der Waals surface area contributed by atoms with Gasteiger partial charge >= 0.3 is 0 Å². The zero-order valence-corrected chi connectivity index (χ0v) is 10.6. The standard InChI is InChI=1S/C14H19FN2O/c1-10-6-7-13(12(15)8-10)17-14(18)9-16-11-4-2-3-5-11/h6-8,11,16H,2-5,9H2,1H3,(H,17,18). The lowest BCUT2D eigenvalue weighted by Crippen LogP contribution is -2.34. The number of aryl methyl sites for hydroxylation is 1. The van der Waals surface area contributed by atoms with Gasteiger partial charge in [-0.15, -0.1) is 0 Å². The highest BCUT2D eigenvalue weighted by Gasteiger charge is 2.15. The minimum Gasteiger partial charge on any atom is -0.322 e. The van der Waals surface area contributed by atoms with E-state index in [4.69, 9.17) is 0 Å². The van der Waals surface area contributed by atoms with Gasteiger partial charge in [0, 0.05) is 6.04 Å². The maximum atomic E-state index is 13.5. The summed E-state index contributed by atoms with van der Waals surface area (Å²) < 4.78 is 13.5. The molecule has 1 aliphatic carbocycles. The molecule has 98 valence electrons. The Morgan fingerprint density at radius 2 is 2.11 bits per heavy atom. The molecule has 0 spiro atoms. The maximum absolute atomic E-state index is 13.5. The number of carbonyl (C=O) groups is 1. The molecular weight excluding hydrogens is 231 g/mol. The first kappa shape index (κ1) is 13.0. The smallest absolute Gasteiger partial charge is 0.238 e. The summed E-state index contributed by atoms with van der Waals surface area (Å²) in [6, 6.07) is 5.24. The molecule has 0 saturated heterocycles. The molecule has 1 aliphatic rings. The van der Waals surface area contributed by atoms with Crippen LogP contribution >= 0.6 is 0 Å². The van der Waals surface area contributed by atoms with Gasteiger partial charge in [-0.25, -0.2) is 4.39 Å². The van der Waals surface area contributed by atoms with Crippen molar-refractivity contribution >= 4 is 11.6 Å². The minimum absolute atomic E-state index is 0.190. The average Bonchev–Trinajstić information content (AvgIpc) is 2.83. The van der Waals surface area contributed by atoms with E-state index >= 15 is 0 Å². The number of carbonyl (C=O) groups excluding carboxylic acids is 1. The molecule has 4 heteroatoms. The monoisotopic (exact) mass is 250 g/mol. The summed E-state index contributed by atoms with van der Waals surface area (Å²) in [5.74, 6) is -0.575. The summed E-state index contributed by atoms with van der Waals surface area (Å²) in [4.78, 5) is 11.7. The molecule has 1 saturated carbocycles. The van der Waals surface area contributed by atoms with Crippen LogP contribution in [-0.2, 0) is 4.79 Å². The first-order valence-corrected chi connectivity index (χ1v) is 6.44. The normalized spacial score (nSPS) is 15.9. The van der Waals surface area contributed by atoms with Crippen molar-refractivity contribution in [1.82, 2.24) is 5.32 Å². The van der Waals surface area contributed by atoms with Crippen molar-refractivity contribution in [2.75, 3.05) is 11.9 Å². The summed E-state index contributed by atoms with van der Waals surface area (Å²) >= 11 is 0. The third-order valence-corrected chi connectivity index (χ3v) is 3.31. The SMILES string of the molecule is Cc1ccc(NC(=O)CNC2CCCC2)c(F)c1. The molecule has 1 fully saturated rings. The minimum atomic E-state index is -0.385. The number of halogens is 1. The number of hydrogen-bond acceptors (Lipinski definition) is 2. The number of nitrogens with one attached hydrogen (secondary N) is 2. The van der Waals surface area contributed by atoms with Crippen LogP contribution in [0.15, 0.2) is 18.2 Å². The number of anilines is 1. The van der Waals surface area contributed by atoms with E-state index in [1.54, 1.807) is 12.1 Å². The fourth-order valence-corrected chi connectivity index (χ4v) is 2.28. The van der Waals surface area contributed by atoms with Crippen LogP contribution < -0.4 is 10.6 Å². The Morgan fingerprint density at radius 3 is 2.78 bits per heavy atom. The summed E-state index contributed by atoms with van der Waals surface area (Å²) in [6.45, 7) is 2.06. The molecule has 0 heterocycles. The predicted octanol–water partition coefficient (Wildman–Crippen LogP) is 2.60. The van der Waals surface area contributed by atoms with Crippen LogP contribution in [0.1, 0.15) is 31.2 Å². The van der Waals surface area contributed by atoms with Crippen LogP contribution in [0, 0.1) is 12.7 Å². The van der Waals surface area contributed by atoms with Gasteiger partial charge in [-0.3, -0.25) is 4.79 Å². The first-order chi connectivity index (χ1) is 8.65.